The van der Waals surface area contributed by atoms with Gasteiger partial charge in [-0.3, -0.25) is 4.68 Å². The van der Waals surface area contributed by atoms with E-state index in [0.717, 1.165) is 10.9 Å². The molecule has 0 unspecified atom stereocenters. The van der Waals surface area contributed by atoms with Crippen molar-refractivity contribution in [2.45, 2.75) is 25.3 Å². The summed E-state index contributed by atoms with van der Waals surface area (Å²) in [5.74, 6) is -0.890. The second kappa shape index (κ2) is 3.33. The van der Waals surface area contributed by atoms with Gasteiger partial charge in [-0.25, -0.2) is 4.79 Å². The minimum absolute atomic E-state index is 0.320. The van der Waals surface area contributed by atoms with Crippen molar-refractivity contribution in [3.63, 3.8) is 0 Å². The van der Waals surface area contributed by atoms with E-state index in [1.54, 1.807) is 18.3 Å². The third kappa shape index (κ3) is 1.30. The number of hydrogen-bond donors (Lipinski definition) is 1. The van der Waals surface area contributed by atoms with Gasteiger partial charge in [0, 0.05) is 5.39 Å². The highest BCUT2D eigenvalue weighted by Crippen LogP contribution is 2.33. The van der Waals surface area contributed by atoms with Gasteiger partial charge in [0.15, 0.2) is 0 Å². The number of benzene rings is 1. The van der Waals surface area contributed by atoms with Gasteiger partial charge in [-0.05, 0) is 37.5 Å². The number of carboxylic acids is 1. The van der Waals surface area contributed by atoms with Crippen LogP contribution in [0, 0.1) is 0 Å². The van der Waals surface area contributed by atoms with E-state index in [9.17, 15) is 4.79 Å². The highest BCUT2D eigenvalue weighted by molar-refractivity contribution is 5.93. The molecule has 4 heteroatoms. The van der Waals surface area contributed by atoms with E-state index in [-0.39, 0.29) is 0 Å². The fraction of sp³-hybridized carbons (Fsp3) is 0.333. The van der Waals surface area contributed by atoms with Gasteiger partial charge in [-0.15, -0.1) is 0 Å². The molecule has 0 aliphatic heterocycles. The second-order valence-electron chi connectivity index (χ2n) is 4.25. The summed E-state index contributed by atoms with van der Waals surface area (Å²) in [6.07, 6.45) is 5.37. The molecule has 2 aromatic rings. The molecule has 1 saturated carbocycles. The van der Waals surface area contributed by atoms with Crippen LogP contribution in [0.4, 0.5) is 0 Å². The summed E-state index contributed by atoms with van der Waals surface area (Å²) in [6, 6.07) is 5.68. The maximum absolute atomic E-state index is 10.8. The van der Waals surface area contributed by atoms with Crippen LogP contribution in [0.25, 0.3) is 10.9 Å². The van der Waals surface area contributed by atoms with Crippen molar-refractivity contribution in [1.82, 2.24) is 9.78 Å². The average molecular weight is 216 g/mol. The van der Waals surface area contributed by atoms with Gasteiger partial charge >= 0.3 is 5.97 Å². The SMILES string of the molecule is O=C(O)c1ccc2c(cnn2C2CCC2)c1. The normalized spacial score (nSPS) is 16.2. The highest BCUT2D eigenvalue weighted by Gasteiger charge is 2.21. The van der Waals surface area contributed by atoms with Crippen LogP contribution in [0.1, 0.15) is 35.7 Å². The maximum atomic E-state index is 10.8. The second-order valence-corrected chi connectivity index (χ2v) is 4.25. The molecular weight excluding hydrogens is 204 g/mol. The molecule has 0 radical (unpaired) electrons. The van der Waals surface area contributed by atoms with Crippen molar-refractivity contribution < 1.29 is 9.90 Å². The molecule has 1 aliphatic rings. The first-order valence-electron chi connectivity index (χ1n) is 5.46. The summed E-state index contributed by atoms with van der Waals surface area (Å²) in [5, 5.41) is 14.1. The first-order valence-corrected chi connectivity index (χ1v) is 5.46. The zero-order valence-electron chi connectivity index (χ0n) is 8.76. The summed E-state index contributed by atoms with van der Waals surface area (Å²) >= 11 is 0. The third-order valence-electron chi connectivity index (χ3n) is 3.26. The molecule has 1 aliphatic carbocycles. The van der Waals surface area contributed by atoms with E-state index >= 15 is 0 Å². The van der Waals surface area contributed by atoms with Crippen LogP contribution in [0.5, 0.6) is 0 Å². The molecule has 1 heterocycles. The van der Waals surface area contributed by atoms with Gasteiger partial charge in [0.05, 0.1) is 23.3 Å². The Kier molecular flexibility index (Phi) is 1.96. The monoisotopic (exact) mass is 216 g/mol. The topological polar surface area (TPSA) is 55.1 Å². The Bertz CT molecular complexity index is 555. The zero-order valence-corrected chi connectivity index (χ0v) is 8.76. The minimum Gasteiger partial charge on any atom is -0.478 e. The van der Waals surface area contributed by atoms with Crippen molar-refractivity contribution >= 4 is 16.9 Å². The van der Waals surface area contributed by atoms with Gasteiger partial charge in [0.25, 0.3) is 0 Å². The number of carboxylic acid groups (broad SMARTS) is 1. The zero-order chi connectivity index (χ0) is 11.1. The molecule has 3 rings (SSSR count). The lowest BCUT2D eigenvalue weighted by Gasteiger charge is -2.26. The summed E-state index contributed by atoms with van der Waals surface area (Å²) in [5.41, 5.74) is 1.36. The Hall–Kier alpha value is -1.84. The number of fused-ring (bicyclic) bond motifs is 1. The van der Waals surface area contributed by atoms with E-state index < -0.39 is 5.97 Å². The molecule has 1 N–H and O–H groups in total. The third-order valence-corrected chi connectivity index (χ3v) is 3.26. The standard InChI is InChI=1S/C12H12N2O2/c15-12(16)8-4-5-11-9(6-8)7-13-14(11)10-2-1-3-10/h4-7,10H,1-3H2,(H,15,16). The van der Waals surface area contributed by atoms with Crippen LogP contribution >= 0.6 is 0 Å². The fourth-order valence-corrected chi connectivity index (χ4v) is 2.11. The van der Waals surface area contributed by atoms with E-state index in [1.165, 1.54) is 19.3 Å². The van der Waals surface area contributed by atoms with Gasteiger partial charge in [0.2, 0.25) is 0 Å². The smallest absolute Gasteiger partial charge is 0.335 e. The van der Waals surface area contributed by atoms with Crippen molar-refractivity contribution in [2.75, 3.05) is 0 Å². The molecule has 0 spiro atoms. The predicted octanol–water partition coefficient (Wildman–Crippen LogP) is 2.46. The minimum atomic E-state index is -0.890. The molecule has 0 saturated heterocycles. The molecule has 1 fully saturated rings. The van der Waals surface area contributed by atoms with Crippen LogP contribution in [0.2, 0.25) is 0 Å². The quantitative estimate of drug-likeness (QED) is 0.838. The van der Waals surface area contributed by atoms with E-state index in [2.05, 4.69) is 5.10 Å². The summed E-state index contributed by atoms with van der Waals surface area (Å²) in [4.78, 5) is 10.8. The summed E-state index contributed by atoms with van der Waals surface area (Å²) in [6.45, 7) is 0. The van der Waals surface area contributed by atoms with Crippen LogP contribution < -0.4 is 0 Å². The lowest BCUT2D eigenvalue weighted by atomic mass is 9.93. The van der Waals surface area contributed by atoms with E-state index in [0.29, 0.717) is 11.6 Å². The average Bonchev–Trinajstić information content (AvgIpc) is 2.59. The molecule has 4 nitrogen and oxygen atoms in total. The summed E-state index contributed by atoms with van der Waals surface area (Å²) < 4.78 is 2.02. The Balaban J connectivity index is 2.10. The van der Waals surface area contributed by atoms with E-state index in [1.807, 2.05) is 10.7 Å². The number of aromatic nitrogens is 2. The van der Waals surface area contributed by atoms with Crippen LogP contribution in [-0.2, 0) is 0 Å². The molecule has 82 valence electrons. The van der Waals surface area contributed by atoms with Crippen molar-refractivity contribution in [3.8, 4) is 0 Å². The Labute approximate surface area is 92.5 Å². The fourth-order valence-electron chi connectivity index (χ4n) is 2.11. The Morgan fingerprint density at radius 2 is 2.25 bits per heavy atom. The molecule has 1 aromatic carbocycles. The van der Waals surface area contributed by atoms with Gasteiger partial charge < -0.3 is 5.11 Å². The van der Waals surface area contributed by atoms with Gasteiger partial charge in [-0.2, -0.15) is 5.10 Å². The molecule has 1 aromatic heterocycles. The van der Waals surface area contributed by atoms with E-state index in [4.69, 9.17) is 5.11 Å². The predicted molar refractivity (Wildman–Crippen MR) is 59.6 cm³/mol. The number of carbonyl (C=O) groups is 1. The molecule has 0 amide bonds. The van der Waals surface area contributed by atoms with Crippen molar-refractivity contribution in [2.24, 2.45) is 0 Å². The molecule has 0 atom stereocenters. The van der Waals surface area contributed by atoms with Crippen LogP contribution in [0.15, 0.2) is 24.4 Å². The first kappa shape index (κ1) is 9.39. The van der Waals surface area contributed by atoms with Crippen molar-refractivity contribution in [1.29, 1.82) is 0 Å². The van der Waals surface area contributed by atoms with Crippen LogP contribution in [-0.4, -0.2) is 20.9 Å². The number of hydrogen-bond acceptors (Lipinski definition) is 2. The molecule has 16 heavy (non-hydrogen) atoms. The Morgan fingerprint density at radius 1 is 1.44 bits per heavy atom. The van der Waals surface area contributed by atoms with Gasteiger partial charge in [-0.1, -0.05) is 0 Å². The molecular formula is C12H12N2O2. The maximum Gasteiger partial charge on any atom is 0.335 e. The Morgan fingerprint density at radius 3 is 2.88 bits per heavy atom. The van der Waals surface area contributed by atoms with Gasteiger partial charge in [0.1, 0.15) is 0 Å². The largest absolute Gasteiger partial charge is 0.478 e. The highest BCUT2D eigenvalue weighted by atomic mass is 16.4. The van der Waals surface area contributed by atoms with Crippen LogP contribution in [0.3, 0.4) is 0 Å². The lowest BCUT2D eigenvalue weighted by Crippen LogP contribution is -2.17. The lowest BCUT2D eigenvalue weighted by molar-refractivity contribution is 0.0697. The molecule has 0 bridgehead atoms. The summed E-state index contributed by atoms with van der Waals surface area (Å²) in [7, 11) is 0. The number of aromatic carboxylic acids is 1. The first-order chi connectivity index (χ1) is 7.75. The number of nitrogens with zero attached hydrogens (tertiary/aromatic N) is 2. The number of rotatable bonds is 2. The van der Waals surface area contributed by atoms with Crippen molar-refractivity contribution in [3.05, 3.63) is 30.0 Å².